The van der Waals surface area contributed by atoms with E-state index in [1.54, 1.807) is 0 Å². The van der Waals surface area contributed by atoms with Gasteiger partial charge < -0.3 is 4.74 Å². The van der Waals surface area contributed by atoms with Crippen molar-refractivity contribution in [3.8, 4) is 0 Å². The molecule has 3 N–H and O–H groups in total. The standard InChI is InChI=1S/C13H17F3N2O2/c1-4-7-10(6-3)9-20-12(8-5-2,11(19)18-17)13(14,15)16/h4-7H,1-3,8-9,17H2,(H,18,19)/b10-7+. The van der Waals surface area contributed by atoms with Crippen molar-refractivity contribution >= 4 is 5.91 Å². The van der Waals surface area contributed by atoms with Gasteiger partial charge in [-0.3, -0.25) is 10.2 Å². The summed E-state index contributed by atoms with van der Waals surface area (Å²) in [7, 11) is 0. The highest BCUT2D eigenvalue weighted by atomic mass is 19.4. The molecule has 0 aromatic carbocycles. The van der Waals surface area contributed by atoms with Gasteiger partial charge in [0.25, 0.3) is 5.91 Å². The zero-order chi connectivity index (χ0) is 15.8. The first-order valence-electron chi connectivity index (χ1n) is 5.55. The van der Waals surface area contributed by atoms with E-state index in [1.807, 2.05) is 0 Å². The quantitative estimate of drug-likeness (QED) is 0.237. The number of carbonyl (C=O) groups excluding carboxylic acids is 1. The second-order valence-electron chi connectivity index (χ2n) is 3.76. The predicted octanol–water partition coefficient (Wildman–Crippen LogP) is 2.17. The van der Waals surface area contributed by atoms with Crippen LogP contribution >= 0.6 is 0 Å². The van der Waals surface area contributed by atoms with Gasteiger partial charge in [-0.2, -0.15) is 13.2 Å². The summed E-state index contributed by atoms with van der Waals surface area (Å²) in [4.78, 5) is 11.5. The van der Waals surface area contributed by atoms with E-state index < -0.39 is 30.7 Å². The number of alkyl halides is 3. The summed E-state index contributed by atoms with van der Waals surface area (Å²) in [5.41, 5.74) is -1.28. The second kappa shape index (κ2) is 7.66. The number of hydrazine groups is 1. The van der Waals surface area contributed by atoms with Gasteiger partial charge in [-0.15, -0.1) is 6.58 Å². The van der Waals surface area contributed by atoms with Crippen molar-refractivity contribution in [2.24, 2.45) is 5.84 Å². The van der Waals surface area contributed by atoms with Crippen molar-refractivity contribution in [2.75, 3.05) is 6.61 Å². The molecule has 1 atom stereocenters. The van der Waals surface area contributed by atoms with Gasteiger partial charge in [-0.05, 0) is 5.57 Å². The van der Waals surface area contributed by atoms with Gasteiger partial charge in [-0.1, -0.05) is 37.5 Å². The fourth-order valence-corrected chi connectivity index (χ4v) is 1.40. The average Bonchev–Trinajstić information content (AvgIpc) is 2.39. The van der Waals surface area contributed by atoms with E-state index in [4.69, 9.17) is 10.6 Å². The van der Waals surface area contributed by atoms with Crippen LogP contribution in [0.2, 0.25) is 0 Å². The topological polar surface area (TPSA) is 64.3 Å². The molecule has 1 amide bonds. The van der Waals surface area contributed by atoms with Gasteiger partial charge in [0.05, 0.1) is 6.61 Å². The third kappa shape index (κ3) is 4.07. The second-order valence-corrected chi connectivity index (χ2v) is 3.76. The Kier molecular flexibility index (Phi) is 6.95. The van der Waals surface area contributed by atoms with Crippen LogP contribution in [0, 0.1) is 0 Å². The Morgan fingerprint density at radius 1 is 1.30 bits per heavy atom. The fraction of sp³-hybridized carbons (Fsp3) is 0.308. The van der Waals surface area contributed by atoms with Crippen LogP contribution in [0.15, 0.2) is 49.6 Å². The SMILES string of the molecule is C=C/C=C(\C=C)COC(CC=C)(C(=O)NN)C(F)(F)F. The van der Waals surface area contributed by atoms with Crippen molar-refractivity contribution in [1.82, 2.24) is 5.43 Å². The monoisotopic (exact) mass is 290 g/mol. The molecule has 0 spiro atoms. The lowest BCUT2D eigenvalue weighted by molar-refractivity contribution is -0.264. The number of amides is 1. The van der Waals surface area contributed by atoms with Gasteiger partial charge in [-0.25, -0.2) is 5.84 Å². The zero-order valence-corrected chi connectivity index (χ0v) is 10.9. The molecule has 4 nitrogen and oxygen atoms in total. The Labute approximate surface area is 115 Å². The highest BCUT2D eigenvalue weighted by Gasteiger charge is 2.61. The Morgan fingerprint density at radius 2 is 1.90 bits per heavy atom. The lowest BCUT2D eigenvalue weighted by Crippen LogP contribution is -2.60. The predicted molar refractivity (Wildman–Crippen MR) is 70.4 cm³/mol. The molecule has 20 heavy (non-hydrogen) atoms. The molecule has 0 saturated heterocycles. The maximum atomic E-state index is 13.2. The third-order valence-corrected chi connectivity index (χ3v) is 2.47. The van der Waals surface area contributed by atoms with E-state index in [0.717, 1.165) is 6.08 Å². The maximum absolute atomic E-state index is 13.2. The van der Waals surface area contributed by atoms with E-state index in [9.17, 15) is 18.0 Å². The molecular formula is C13H17F3N2O2. The molecule has 0 aliphatic heterocycles. The number of ether oxygens (including phenoxy) is 1. The summed E-state index contributed by atoms with van der Waals surface area (Å²) < 4.78 is 44.4. The van der Waals surface area contributed by atoms with E-state index in [2.05, 4.69) is 19.7 Å². The first kappa shape index (κ1) is 18.1. The van der Waals surface area contributed by atoms with E-state index in [1.165, 1.54) is 23.7 Å². The number of hydrogen-bond acceptors (Lipinski definition) is 3. The van der Waals surface area contributed by atoms with Crippen LogP contribution in [-0.2, 0) is 9.53 Å². The molecule has 0 aliphatic rings. The smallest absolute Gasteiger partial charge is 0.352 e. The molecule has 0 aromatic rings. The molecule has 0 radical (unpaired) electrons. The van der Waals surface area contributed by atoms with E-state index >= 15 is 0 Å². The lowest BCUT2D eigenvalue weighted by Gasteiger charge is -2.32. The van der Waals surface area contributed by atoms with Crippen molar-refractivity contribution < 1.29 is 22.7 Å². The van der Waals surface area contributed by atoms with Crippen LogP contribution < -0.4 is 11.3 Å². The van der Waals surface area contributed by atoms with Gasteiger partial charge in [0, 0.05) is 6.42 Å². The van der Waals surface area contributed by atoms with Crippen LogP contribution in [0.1, 0.15) is 6.42 Å². The highest BCUT2D eigenvalue weighted by Crippen LogP contribution is 2.37. The molecule has 0 bridgehead atoms. The largest absolute Gasteiger partial charge is 0.427 e. The van der Waals surface area contributed by atoms with Crippen molar-refractivity contribution in [1.29, 1.82) is 0 Å². The Bertz CT molecular complexity index is 416. The first-order valence-corrected chi connectivity index (χ1v) is 5.55. The molecule has 0 fully saturated rings. The Hall–Kier alpha value is -1.86. The Balaban J connectivity index is 5.46. The molecule has 0 heterocycles. The molecule has 112 valence electrons. The number of carbonyl (C=O) groups is 1. The van der Waals surface area contributed by atoms with Gasteiger partial charge in [0.15, 0.2) is 0 Å². The summed E-state index contributed by atoms with van der Waals surface area (Å²) >= 11 is 0. The number of allylic oxidation sites excluding steroid dienone is 2. The first-order chi connectivity index (χ1) is 9.28. The summed E-state index contributed by atoms with van der Waals surface area (Å²) in [6, 6.07) is 0. The van der Waals surface area contributed by atoms with Crippen LogP contribution in [0.5, 0.6) is 0 Å². The third-order valence-electron chi connectivity index (χ3n) is 2.47. The molecule has 0 saturated carbocycles. The van der Waals surface area contributed by atoms with Gasteiger partial charge >= 0.3 is 6.18 Å². The van der Waals surface area contributed by atoms with Crippen LogP contribution in [0.25, 0.3) is 0 Å². The van der Waals surface area contributed by atoms with Crippen LogP contribution in [-0.4, -0.2) is 24.3 Å². The molecule has 0 rings (SSSR count). The van der Waals surface area contributed by atoms with Crippen molar-refractivity contribution in [3.63, 3.8) is 0 Å². The van der Waals surface area contributed by atoms with Crippen molar-refractivity contribution in [3.05, 3.63) is 49.6 Å². The lowest BCUT2D eigenvalue weighted by atomic mass is 9.97. The molecular weight excluding hydrogens is 273 g/mol. The minimum atomic E-state index is -4.95. The normalized spacial score (nSPS) is 15.1. The molecule has 1 unspecified atom stereocenters. The van der Waals surface area contributed by atoms with Crippen LogP contribution in [0.3, 0.4) is 0 Å². The van der Waals surface area contributed by atoms with Gasteiger partial charge in [0.1, 0.15) is 0 Å². The summed E-state index contributed by atoms with van der Waals surface area (Å²) in [5.74, 6) is 3.32. The van der Waals surface area contributed by atoms with Crippen LogP contribution in [0.4, 0.5) is 13.2 Å². The summed E-state index contributed by atoms with van der Waals surface area (Å²) in [5, 5.41) is 0. The number of halogens is 3. The minimum Gasteiger partial charge on any atom is -0.352 e. The zero-order valence-electron chi connectivity index (χ0n) is 10.9. The average molecular weight is 290 g/mol. The Morgan fingerprint density at radius 3 is 2.25 bits per heavy atom. The highest BCUT2D eigenvalue weighted by molar-refractivity contribution is 5.86. The maximum Gasteiger partial charge on any atom is 0.427 e. The summed E-state index contributed by atoms with van der Waals surface area (Å²) in [6.07, 6.45) is -0.692. The van der Waals surface area contributed by atoms with Crippen molar-refractivity contribution in [2.45, 2.75) is 18.2 Å². The number of nitrogens with one attached hydrogen (secondary N) is 1. The fourth-order valence-electron chi connectivity index (χ4n) is 1.40. The number of hydrogen-bond donors (Lipinski definition) is 2. The molecule has 0 aromatic heterocycles. The minimum absolute atomic E-state index is 0.336. The van der Waals surface area contributed by atoms with E-state index in [0.29, 0.717) is 5.57 Å². The molecule has 0 aliphatic carbocycles. The van der Waals surface area contributed by atoms with E-state index in [-0.39, 0.29) is 0 Å². The summed E-state index contributed by atoms with van der Waals surface area (Å²) in [6.45, 7) is 9.57. The molecule has 7 heteroatoms. The number of nitrogens with two attached hydrogens (primary N) is 1. The van der Waals surface area contributed by atoms with Gasteiger partial charge in [0.2, 0.25) is 5.60 Å². The number of rotatable bonds is 8.